The summed E-state index contributed by atoms with van der Waals surface area (Å²) in [5, 5.41) is 2.66. The second-order valence-corrected chi connectivity index (χ2v) is 3.48. The lowest BCUT2D eigenvalue weighted by Gasteiger charge is -2.13. The van der Waals surface area contributed by atoms with Gasteiger partial charge in [0.1, 0.15) is 0 Å². The van der Waals surface area contributed by atoms with Crippen LogP contribution in [0.4, 0.5) is 0 Å². The molecule has 0 saturated carbocycles. The van der Waals surface area contributed by atoms with E-state index in [9.17, 15) is 4.79 Å². The minimum absolute atomic E-state index is 0.000833. The van der Waals surface area contributed by atoms with E-state index in [-0.39, 0.29) is 5.91 Å². The van der Waals surface area contributed by atoms with Gasteiger partial charge in [0.2, 0.25) is 0 Å². The van der Waals surface area contributed by atoms with Crippen LogP contribution in [0.3, 0.4) is 0 Å². The van der Waals surface area contributed by atoms with Gasteiger partial charge in [0, 0.05) is 12.6 Å². The van der Waals surface area contributed by atoms with Crippen molar-refractivity contribution in [2.45, 2.75) is 26.2 Å². The SMILES string of the molecule is CCC(C)c1ccccc1C(=O)NC. The highest BCUT2D eigenvalue weighted by atomic mass is 16.1. The smallest absolute Gasteiger partial charge is 0.251 e. The zero-order valence-corrected chi connectivity index (χ0v) is 9.00. The first-order valence-electron chi connectivity index (χ1n) is 5.01. The fourth-order valence-electron chi connectivity index (χ4n) is 1.49. The van der Waals surface area contributed by atoms with Gasteiger partial charge in [0.05, 0.1) is 0 Å². The molecule has 0 aliphatic carbocycles. The standard InChI is InChI=1S/C12H17NO/c1-4-9(2)10-7-5-6-8-11(10)12(14)13-3/h5-9H,4H2,1-3H3,(H,13,14). The van der Waals surface area contributed by atoms with Crippen molar-refractivity contribution in [1.29, 1.82) is 0 Å². The Hall–Kier alpha value is -1.31. The van der Waals surface area contributed by atoms with Crippen LogP contribution in [0.25, 0.3) is 0 Å². The molecule has 1 amide bonds. The Labute approximate surface area is 85.3 Å². The average Bonchev–Trinajstić information content (AvgIpc) is 2.27. The zero-order valence-electron chi connectivity index (χ0n) is 9.00. The molecule has 0 radical (unpaired) electrons. The second-order valence-electron chi connectivity index (χ2n) is 3.48. The van der Waals surface area contributed by atoms with E-state index in [0.29, 0.717) is 5.92 Å². The van der Waals surface area contributed by atoms with Gasteiger partial charge in [-0.3, -0.25) is 4.79 Å². The minimum Gasteiger partial charge on any atom is -0.355 e. The molecule has 2 heteroatoms. The van der Waals surface area contributed by atoms with Crippen molar-refractivity contribution in [3.63, 3.8) is 0 Å². The lowest BCUT2D eigenvalue weighted by atomic mass is 9.93. The summed E-state index contributed by atoms with van der Waals surface area (Å²) in [6, 6.07) is 7.78. The first-order valence-corrected chi connectivity index (χ1v) is 5.01. The maximum Gasteiger partial charge on any atom is 0.251 e. The summed E-state index contributed by atoms with van der Waals surface area (Å²) in [4.78, 5) is 11.5. The van der Waals surface area contributed by atoms with E-state index in [0.717, 1.165) is 17.5 Å². The van der Waals surface area contributed by atoms with Gasteiger partial charge in [-0.15, -0.1) is 0 Å². The van der Waals surface area contributed by atoms with E-state index in [2.05, 4.69) is 19.2 Å². The first-order chi connectivity index (χ1) is 6.70. The number of hydrogen-bond acceptors (Lipinski definition) is 1. The Balaban J connectivity index is 3.09. The van der Waals surface area contributed by atoms with E-state index in [1.807, 2.05) is 24.3 Å². The van der Waals surface area contributed by atoms with Crippen molar-refractivity contribution < 1.29 is 4.79 Å². The van der Waals surface area contributed by atoms with Crippen LogP contribution in [0.1, 0.15) is 42.1 Å². The van der Waals surface area contributed by atoms with E-state index < -0.39 is 0 Å². The Bertz CT molecular complexity index is 320. The Kier molecular flexibility index (Phi) is 3.69. The summed E-state index contributed by atoms with van der Waals surface area (Å²) in [6.07, 6.45) is 1.05. The Morgan fingerprint density at radius 2 is 2.07 bits per heavy atom. The summed E-state index contributed by atoms with van der Waals surface area (Å²) in [5.41, 5.74) is 1.93. The van der Waals surface area contributed by atoms with Crippen LogP contribution in [0.5, 0.6) is 0 Å². The van der Waals surface area contributed by atoms with Gasteiger partial charge in [-0.25, -0.2) is 0 Å². The number of nitrogens with one attached hydrogen (secondary N) is 1. The molecule has 2 nitrogen and oxygen atoms in total. The van der Waals surface area contributed by atoms with Crippen LogP contribution in [-0.2, 0) is 0 Å². The van der Waals surface area contributed by atoms with E-state index >= 15 is 0 Å². The van der Waals surface area contributed by atoms with Crippen molar-refractivity contribution in [2.24, 2.45) is 0 Å². The third-order valence-corrected chi connectivity index (χ3v) is 2.58. The van der Waals surface area contributed by atoms with Gasteiger partial charge in [-0.1, -0.05) is 32.0 Å². The molecule has 14 heavy (non-hydrogen) atoms. The molecule has 0 spiro atoms. The highest BCUT2D eigenvalue weighted by molar-refractivity contribution is 5.95. The quantitative estimate of drug-likeness (QED) is 0.781. The zero-order chi connectivity index (χ0) is 10.6. The van der Waals surface area contributed by atoms with Crippen LogP contribution >= 0.6 is 0 Å². The average molecular weight is 191 g/mol. The molecule has 1 N–H and O–H groups in total. The topological polar surface area (TPSA) is 29.1 Å². The first kappa shape index (κ1) is 10.8. The van der Waals surface area contributed by atoms with Gasteiger partial charge in [-0.05, 0) is 24.0 Å². The van der Waals surface area contributed by atoms with Crippen LogP contribution in [-0.4, -0.2) is 13.0 Å². The van der Waals surface area contributed by atoms with Crippen molar-refractivity contribution in [3.05, 3.63) is 35.4 Å². The Morgan fingerprint density at radius 1 is 1.43 bits per heavy atom. The van der Waals surface area contributed by atoms with Crippen molar-refractivity contribution in [2.75, 3.05) is 7.05 Å². The normalized spacial score (nSPS) is 12.2. The van der Waals surface area contributed by atoms with Crippen molar-refractivity contribution in [3.8, 4) is 0 Å². The molecule has 0 saturated heterocycles. The molecule has 1 aromatic carbocycles. The maximum atomic E-state index is 11.5. The third-order valence-electron chi connectivity index (χ3n) is 2.58. The lowest BCUT2D eigenvalue weighted by Crippen LogP contribution is -2.20. The molecule has 0 fully saturated rings. The fraction of sp³-hybridized carbons (Fsp3) is 0.417. The summed E-state index contributed by atoms with van der Waals surface area (Å²) in [5.74, 6) is 0.435. The largest absolute Gasteiger partial charge is 0.355 e. The molecule has 0 bridgehead atoms. The highest BCUT2D eigenvalue weighted by Crippen LogP contribution is 2.22. The monoisotopic (exact) mass is 191 g/mol. The molecule has 1 rings (SSSR count). The molecule has 0 aliphatic rings. The van der Waals surface area contributed by atoms with Crippen molar-refractivity contribution >= 4 is 5.91 Å². The summed E-state index contributed by atoms with van der Waals surface area (Å²) in [7, 11) is 1.66. The van der Waals surface area contributed by atoms with Crippen LogP contribution in [0.2, 0.25) is 0 Å². The predicted octanol–water partition coefficient (Wildman–Crippen LogP) is 2.56. The molecule has 76 valence electrons. The number of amides is 1. The molecular weight excluding hydrogens is 174 g/mol. The third kappa shape index (κ3) is 2.13. The van der Waals surface area contributed by atoms with Gasteiger partial charge in [0.25, 0.3) is 5.91 Å². The number of hydrogen-bond donors (Lipinski definition) is 1. The molecule has 0 heterocycles. The van der Waals surface area contributed by atoms with E-state index in [4.69, 9.17) is 0 Å². The number of carbonyl (C=O) groups excluding carboxylic acids is 1. The highest BCUT2D eigenvalue weighted by Gasteiger charge is 2.12. The molecule has 0 aliphatic heterocycles. The lowest BCUT2D eigenvalue weighted by molar-refractivity contribution is 0.0961. The minimum atomic E-state index is 0.000833. The van der Waals surface area contributed by atoms with Crippen molar-refractivity contribution in [1.82, 2.24) is 5.32 Å². The Morgan fingerprint density at radius 3 is 2.64 bits per heavy atom. The van der Waals surface area contributed by atoms with Crippen LogP contribution in [0, 0.1) is 0 Å². The van der Waals surface area contributed by atoms with Gasteiger partial charge in [0.15, 0.2) is 0 Å². The van der Waals surface area contributed by atoms with Gasteiger partial charge < -0.3 is 5.32 Å². The molecule has 1 atom stereocenters. The molecule has 0 aromatic heterocycles. The predicted molar refractivity (Wildman–Crippen MR) is 58.5 cm³/mol. The molecule has 1 unspecified atom stereocenters. The number of carbonyl (C=O) groups is 1. The van der Waals surface area contributed by atoms with Gasteiger partial charge in [-0.2, -0.15) is 0 Å². The van der Waals surface area contributed by atoms with E-state index in [1.54, 1.807) is 7.05 Å². The van der Waals surface area contributed by atoms with Crippen LogP contribution in [0.15, 0.2) is 24.3 Å². The van der Waals surface area contributed by atoms with E-state index in [1.165, 1.54) is 0 Å². The summed E-state index contributed by atoms with van der Waals surface area (Å²) < 4.78 is 0. The summed E-state index contributed by atoms with van der Waals surface area (Å²) >= 11 is 0. The fourth-order valence-corrected chi connectivity index (χ4v) is 1.49. The maximum absolute atomic E-state index is 11.5. The molecule has 1 aromatic rings. The second kappa shape index (κ2) is 4.80. The summed E-state index contributed by atoms with van der Waals surface area (Å²) in [6.45, 7) is 4.27. The van der Waals surface area contributed by atoms with Gasteiger partial charge >= 0.3 is 0 Å². The number of rotatable bonds is 3. The van der Waals surface area contributed by atoms with Crippen LogP contribution < -0.4 is 5.32 Å². The number of benzene rings is 1. The molecular formula is C12H17NO.